The van der Waals surface area contributed by atoms with Crippen molar-refractivity contribution in [2.24, 2.45) is 0 Å². The maximum Gasteiger partial charge on any atom is 0.422 e. The van der Waals surface area contributed by atoms with E-state index in [0.29, 0.717) is 37.0 Å². The lowest BCUT2D eigenvalue weighted by molar-refractivity contribution is 0.0189. The van der Waals surface area contributed by atoms with Crippen LogP contribution in [0.3, 0.4) is 0 Å². The van der Waals surface area contributed by atoms with Gasteiger partial charge in [-0.3, -0.25) is 4.57 Å². The Morgan fingerprint density at radius 2 is 1.68 bits per heavy atom. The number of ether oxygens (including phenoxy) is 2. The van der Waals surface area contributed by atoms with Crippen LogP contribution >= 0.6 is 0 Å². The molecule has 1 saturated heterocycles. The Bertz CT molecular complexity index is 929. The number of hydrogen-bond acceptors (Lipinski definition) is 5. The average Bonchev–Trinajstić information content (AvgIpc) is 2.92. The normalized spacial score (nSPS) is 15.6. The molecule has 28 heavy (non-hydrogen) atoms. The number of piperidine rings is 1. The highest BCUT2D eigenvalue weighted by molar-refractivity contribution is 5.87. The van der Waals surface area contributed by atoms with Crippen molar-refractivity contribution in [3.8, 4) is 0 Å². The first-order valence-corrected chi connectivity index (χ1v) is 9.60. The zero-order chi connectivity index (χ0) is 20.5. The van der Waals surface area contributed by atoms with Crippen LogP contribution in [-0.4, -0.2) is 51.5 Å². The van der Waals surface area contributed by atoms with Crippen LogP contribution in [0.25, 0.3) is 11.0 Å². The third kappa shape index (κ3) is 3.90. The molecule has 1 aliphatic rings. The molecule has 1 fully saturated rings. The molecule has 0 aliphatic carbocycles. The van der Waals surface area contributed by atoms with Gasteiger partial charge in [0.1, 0.15) is 5.60 Å². The van der Waals surface area contributed by atoms with E-state index in [0.717, 1.165) is 4.57 Å². The number of aromatic nitrogens is 2. The van der Waals surface area contributed by atoms with Gasteiger partial charge < -0.3 is 14.4 Å². The summed E-state index contributed by atoms with van der Waals surface area (Å²) in [4.78, 5) is 39.3. The summed E-state index contributed by atoms with van der Waals surface area (Å²) >= 11 is 0. The quantitative estimate of drug-likeness (QED) is 0.786. The molecule has 3 rings (SSSR count). The summed E-state index contributed by atoms with van der Waals surface area (Å²) < 4.78 is 13.2. The number of fused-ring (bicyclic) bond motifs is 1. The number of carbonyl (C=O) groups is 2. The van der Waals surface area contributed by atoms with Crippen molar-refractivity contribution in [2.45, 2.75) is 52.2 Å². The minimum atomic E-state index is -0.673. The lowest BCUT2D eigenvalue weighted by Crippen LogP contribution is -2.43. The summed E-state index contributed by atoms with van der Waals surface area (Å²) in [6, 6.07) is 7.08. The van der Waals surface area contributed by atoms with Gasteiger partial charge in [0.15, 0.2) is 0 Å². The zero-order valence-corrected chi connectivity index (χ0v) is 16.8. The highest BCUT2D eigenvalue weighted by atomic mass is 16.6. The standard InChI is InChI=1S/C20H27N3O5/c1-5-27-19(26)23-16-9-7-6-8-15(16)22(17(23)24)14-10-12-21(13-11-14)18(25)28-20(2,3)4/h6-9,14H,5,10-13H2,1-4H3. The molecule has 0 unspecified atom stereocenters. The van der Waals surface area contributed by atoms with Gasteiger partial charge >= 0.3 is 17.9 Å². The number of amides is 1. The average molecular weight is 389 g/mol. The van der Waals surface area contributed by atoms with E-state index in [4.69, 9.17) is 9.47 Å². The Morgan fingerprint density at radius 1 is 1.07 bits per heavy atom. The van der Waals surface area contributed by atoms with Gasteiger partial charge in [0, 0.05) is 19.1 Å². The van der Waals surface area contributed by atoms with Crippen molar-refractivity contribution in [3.63, 3.8) is 0 Å². The molecule has 1 amide bonds. The van der Waals surface area contributed by atoms with E-state index >= 15 is 0 Å². The van der Waals surface area contributed by atoms with Gasteiger partial charge in [0.25, 0.3) is 0 Å². The van der Waals surface area contributed by atoms with E-state index < -0.39 is 17.4 Å². The fourth-order valence-electron chi connectivity index (χ4n) is 3.52. The third-order valence-electron chi connectivity index (χ3n) is 4.71. The van der Waals surface area contributed by atoms with Gasteiger partial charge in [0.2, 0.25) is 0 Å². The first-order valence-electron chi connectivity index (χ1n) is 9.60. The second kappa shape index (κ2) is 7.69. The first kappa shape index (κ1) is 20.0. The number of para-hydroxylation sites is 2. The SMILES string of the molecule is CCOC(=O)n1c(=O)n(C2CCN(C(=O)OC(C)(C)C)CC2)c2ccccc21. The fraction of sp³-hybridized carbons (Fsp3) is 0.550. The maximum atomic E-state index is 13.0. The lowest BCUT2D eigenvalue weighted by Gasteiger charge is -2.33. The minimum absolute atomic E-state index is 0.105. The van der Waals surface area contributed by atoms with Gasteiger partial charge in [0.05, 0.1) is 17.6 Å². The van der Waals surface area contributed by atoms with Crippen molar-refractivity contribution < 1.29 is 19.1 Å². The Labute approximate surface area is 163 Å². The Kier molecular flexibility index (Phi) is 5.49. The zero-order valence-electron chi connectivity index (χ0n) is 16.8. The van der Waals surface area contributed by atoms with Crippen LogP contribution in [0.1, 0.15) is 46.6 Å². The number of hydrogen-bond donors (Lipinski definition) is 0. The largest absolute Gasteiger partial charge is 0.449 e. The Hall–Kier alpha value is -2.77. The van der Waals surface area contributed by atoms with E-state index in [-0.39, 0.29) is 18.7 Å². The van der Waals surface area contributed by atoms with Crippen molar-refractivity contribution in [1.29, 1.82) is 0 Å². The van der Waals surface area contributed by atoms with Crippen LogP contribution in [0.2, 0.25) is 0 Å². The van der Waals surface area contributed by atoms with Gasteiger partial charge in [-0.05, 0) is 52.7 Å². The van der Waals surface area contributed by atoms with Crippen molar-refractivity contribution in [1.82, 2.24) is 14.0 Å². The number of benzene rings is 1. The van der Waals surface area contributed by atoms with Gasteiger partial charge in [-0.2, -0.15) is 4.57 Å². The van der Waals surface area contributed by atoms with Crippen molar-refractivity contribution in [2.75, 3.05) is 19.7 Å². The molecular weight excluding hydrogens is 362 g/mol. The molecule has 2 heterocycles. The number of likely N-dealkylation sites (tertiary alicyclic amines) is 1. The van der Waals surface area contributed by atoms with Crippen molar-refractivity contribution in [3.05, 3.63) is 34.7 Å². The van der Waals surface area contributed by atoms with E-state index in [1.807, 2.05) is 32.9 Å². The van der Waals surface area contributed by atoms with Crippen LogP contribution in [0.5, 0.6) is 0 Å². The van der Waals surface area contributed by atoms with Gasteiger partial charge in [-0.15, -0.1) is 0 Å². The second-order valence-electron chi connectivity index (χ2n) is 7.87. The highest BCUT2D eigenvalue weighted by Gasteiger charge is 2.30. The lowest BCUT2D eigenvalue weighted by atomic mass is 10.0. The highest BCUT2D eigenvalue weighted by Crippen LogP contribution is 2.26. The van der Waals surface area contributed by atoms with Gasteiger partial charge in [-0.1, -0.05) is 12.1 Å². The van der Waals surface area contributed by atoms with Crippen LogP contribution in [0.4, 0.5) is 9.59 Å². The van der Waals surface area contributed by atoms with E-state index in [1.165, 1.54) is 0 Å². The molecule has 0 N–H and O–H groups in total. The molecule has 1 aliphatic heterocycles. The molecule has 8 nitrogen and oxygen atoms in total. The first-order chi connectivity index (χ1) is 13.2. The summed E-state index contributed by atoms with van der Waals surface area (Å²) in [7, 11) is 0. The predicted octanol–water partition coefficient (Wildman–Crippen LogP) is 3.38. The smallest absolute Gasteiger partial charge is 0.422 e. The number of nitrogens with zero attached hydrogens (tertiary/aromatic N) is 3. The molecule has 0 radical (unpaired) electrons. The monoisotopic (exact) mass is 389 g/mol. The van der Waals surface area contributed by atoms with Crippen LogP contribution < -0.4 is 5.69 Å². The molecule has 0 bridgehead atoms. The second-order valence-corrected chi connectivity index (χ2v) is 7.87. The molecule has 0 saturated carbocycles. The Morgan fingerprint density at radius 3 is 2.25 bits per heavy atom. The van der Waals surface area contributed by atoms with Crippen LogP contribution in [0, 0.1) is 0 Å². The molecule has 0 spiro atoms. The van der Waals surface area contributed by atoms with E-state index in [1.54, 1.807) is 28.5 Å². The topological polar surface area (TPSA) is 82.8 Å². The number of rotatable bonds is 2. The number of carbonyl (C=O) groups excluding carboxylic acids is 2. The number of imidazole rings is 1. The molecule has 8 heteroatoms. The summed E-state index contributed by atoms with van der Waals surface area (Å²) in [5.74, 6) is 0. The molecule has 1 aromatic heterocycles. The maximum absolute atomic E-state index is 13.0. The van der Waals surface area contributed by atoms with Crippen LogP contribution in [-0.2, 0) is 9.47 Å². The Balaban J connectivity index is 1.86. The fourth-order valence-corrected chi connectivity index (χ4v) is 3.52. The molecule has 152 valence electrons. The van der Waals surface area contributed by atoms with Crippen LogP contribution in [0.15, 0.2) is 29.1 Å². The molecule has 1 aromatic carbocycles. The molecule has 2 aromatic rings. The summed E-state index contributed by atoms with van der Waals surface area (Å²) in [6.45, 7) is 8.38. The summed E-state index contributed by atoms with van der Waals surface area (Å²) in [6.07, 6.45) is 0.201. The molecule has 0 atom stereocenters. The summed E-state index contributed by atoms with van der Waals surface area (Å²) in [5, 5.41) is 0. The predicted molar refractivity (Wildman–Crippen MR) is 105 cm³/mol. The summed E-state index contributed by atoms with van der Waals surface area (Å²) in [5.41, 5.74) is 0.268. The third-order valence-corrected chi connectivity index (χ3v) is 4.71. The molecular formula is C20H27N3O5. The van der Waals surface area contributed by atoms with E-state index in [2.05, 4.69) is 0 Å². The minimum Gasteiger partial charge on any atom is -0.449 e. The van der Waals surface area contributed by atoms with Crippen molar-refractivity contribution >= 4 is 23.2 Å². The van der Waals surface area contributed by atoms with E-state index in [9.17, 15) is 14.4 Å². The van der Waals surface area contributed by atoms with Gasteiger partial charge in [-0.25, -0.2) is 14.4 Å².